The third-order valence-electron chi connectivity index (χ3n) is 8.66. The van der Waals surface area contributed by atoms with Crippen LogP contribution in [0.1, 0.15) is 55.7 Å². The van der Waals surface area contributed by atoms with Gasteiger partial charge in [0.15, 0.2) is 5.76 Å². The largest absolute Gasteiger partial charge is 0.459 e. The Kier molecular flexibility index (Phi) is 9.97. The van der Waals surface area contributed by atoms with Gasteiger partial charge in [-0.15, -0.1) is 0 Å². The average molecular weight is 569 g/mol. The van der Waals surface area contributed by atoms with E-state index < -0.39 is 6.29 Å². The number of rotatable bonds is 10. The van der Waals surface area contributed by atoms with Gasteiger partial charge < -0.3 is 29.1 Å². The molecule has 3 aliphatic heterocycles. The maximum atomic E-state index is 13.8. The van der Waals surface area contributed by atoms with Crippen LogP contribution in [-0.4, -0.2) is 95.1 Å². The molecule has 41 heavy (non-hydrogen) atoms. The average Bonchev–Trinajstić information content (AvgIpc) is 3.24. The molecule has 2 atom stereocenters. The van der Waals surface area contributed by atoms with Crippen LogP contribution in [0.15, 0.2) is 47.0 Å². The van der Waals surface area contributed by atoms with Crippen LogP contribution >= 0.6 is 0 Å². The summed E-state index contributed by atoms with van der Waals surface area (Å²) in [5, 5.41) is 8.97. The van der Waals surface area contributed by atoms with Crippen molar-refractivity contribution < 1.29 is 24.1 Å². The third-order valence-corrected chi connectivity index (χ3v) is 8.66. The van der Waals surface area contributed by atoms with E-state index in [9.17, 15) is 9.59 Å². The minimum absolute atomic E-state index is 0.0567. The molecule has 1 aromatic carbocycles. The summed E-state index contributed by atoms with van der Waals surface area (Å²) in [6.45, 7) is 6.36. The highest BCUT2D eigenvalue weighted by molar-refractivity contribution is 5.92. The number of carbonyl (C=O) groups is 1. The Labute approximate surface area is 242 Å². The molecule has 3 aliphatic rings. The number of aliphatic hydroxyl groups excluding tert-OH is 1. The van der Waals surface area contributed by atoms with Crippen LogP contribution in [0.4, 0.5) is 0 Å². The van der Waals surface area contributed by atoms with Gasteiger partial charge in [0.25, 0.3) is 11.5 Å². The zero-order chi connectivity index (χ0) is 28.8. The van der Waals surface area contributed by atoms with Gasteiger partial charge in [-0.05, 0) is 63.9 Å². The number of piperidine rings is 2. The Morgan fingerprint density at radius 1 is 1.02 bits per heavy atom. The zero-order valence-electron chi connectivity index (χ0n) is 24.4. The van der Waals surface area contributed by atoms with E-state index in [-0.39, 0.29) is 43.0 Å². The third kappa shape index (κ3) is 6.77. The van der Waals surface area contributed by atoms with Crippen molar-refractivity contribution in [3.63, 3.8) is 0 Å². The van der Waals surface area contributed by atoms with Crippen LogP contribution in [-0.2, 0) is 26.1 Å². The SMILES string of the molecule is Cc1c(C2C=C(C(=O)N3CCC(N4CCCCC4)CC3)OC(OCCOCCO)C2)c(=O)n(-c2ccccc2)n1C. The lowest BCUT2D eigenvalue weighted by atomic mass is 9.92. The number of ether oxygens (including phenoxy) is 3. The second-order valence-electron chi connectivity index (χ2n) is 11.2. The molecule has 0 aliphatic carbocycles. The van der Waals surface area contributed by atoms with Gasteiger partial charge in [-0.25, -0.2) is 4.68 Å². The van der Waals surface area contributed by atoms with Crippen molar-refractivity contribution >= 4 is 5.91 Å². The van der Waals surface area contributed by atoms with Gasteiger partial charge in [-0.1, -0.05) is 24.6 Å². The number of allylic oxidation sites excluding steroid dienone is 1. The fraction of sp³-hybridized carbons (Fsp3) is 0.613. The monoisotopic (exact) mass is 568 g/mol. The molecule has 2 fully saturated rings. The van der Waals surface area contributed by atoms with E-state index in [4.69, 9.17) is 19.3 Å². The number of para-hydroxylation sites is 1. The first-order chi connectivity index (χ1) is 20.0. The number of carbonyl (C=O) groups excluding carboxylic acids is 1. The van der Waals surface area contributed by atoms with Crippen molar-refractivity contribution in [2.45, 2.75) is 63.7 Å². The molecule has 2 saturated heterocycles. The Morgan fingerprint density at radius 3 is 2.46 bits per heavy atom. The fourth-order valence-corrected chi connectivity index (χ4v) is 6.41. The quantitative estimate of drug-likeness (QED) is 0.440. The van der Waals surface area contributed by atoms with Gasteiger partial charge in [0.05, 0.1) is 32.1 Å². The summed E-state index contributed by atoms with van der Waals surface area (Å²) < 4.78 is 21.0. The van der Waals surface area contributed by atoms with E-state index in [0.29, 0.717) is 37.7 Å². The Morgan fingerprint density at radius 2 is 1.76 bits per heavy atom. The lowest BCUT2D eigenvalue weighted by Gasteiger charge is -2.40. The van der Waals surface area contributed by atoms with Gasteiger partial charge in [0, 0.05) is 49.8 Å². The van der Waals surface area contributed by atoms with Crippen LogP contribution in [0.25, 0.3) is 5.69 Å². The first kappa shape index (κ1) is 29.6. The van der Waals surface area contributed by atoms with E-state index >= 15 is 0 Å². The molecule has 1 N–H and O–H groups in total. The molecule has 10 nitrogen and oxygen atoms in total. The first-order valence-electron chi connectivity index (χ1n) is 15.0. The number of likely N-dealkylation sites (tertiary alicyclic amines) is 2. The minimum atomic E-state index is -0.697. The van der Waals surface area contributed by atoms with E-state index in [0.717, 1.165) is 37.3 Å². The van der Waals surface area contributed by atoms with Gasteiger partial charge >= 0.3 is 0 Å². The maximum absolute atomic E-state index is 13.8. The summed E-state index contributed by atoms with van der Waals surface area (Å²) in [4.78, 5) is 32.0. The molecule has 1 amide bonds. The van der Waals surface area contributed by atoms with E-state index in [1.54, 1.807) is 4.68 Å². The highest BCUT2D eigenvalue weighted by Gasteiger charge is 2.36. The van der Waals surface area contributed by atoms with Crippen molar-refractivity contribution in [1.29, 1.82) is 0 Å². The molecule has 224 valence electrons. The predicted octanol–water partition coefficient (Wildman–Crippen LogP) is 2.70. The van der Waals surface area contributed by atoms with Crippen molar-refractivity contribution in [1.82, 2.24) is 19.2 Å². The molecule has 4 heterocycles. The van der Waals surface area contributed by atoms with E-state index in [2.05, 4.69) is 4.90 Å². The van der Waals surface area contributed by atoms with Crippen molar-refractivity contribution in [3.05, 3.63) is 63.8 Å². The van der Waals surface area contributed by atoms with Crippen LogP contribution in [0, 0.1) is 6.92 Å². The second-order valence-corrected chi connectivity index (χ2v) is 11.2. The molecule has 0 bridgehead atoms. The maximum Gasteiger partial charge on any atom is 0.288 e. The predicted molar refractivity (Wildman–Crippen MR) is 155 cm³/mol. The van der Waals surface area contributed by atoms with Crippen LogP contribution in [0.2, 0.25) is 0 Å². The summed E-state index contributed by atoms with van der Waals surface area (Å²) in [6.07, 6.45) is 7.29. The lowest BCUT2D eigenvalue weighted by Crippen LogP contribution is -2.49. The van der Waals surface area contributed by atoms with Crippen molar-refractivity contribution in [3.8, 4) is 5.69 Å². The Bertz CT molecular complexity index is 1240. The molecule has 0 radical (unpaired) electrons. The molecule has 0 spiro atoms. The smallest absolute Gasteiger partial charge is 0.288 e. The standard InChI is InChI=1S/C31H44N4O6/c1-23-29(31(38)35(32(23)2)26-9-5-3-6-10-26)24-21-27(41-28(22-24)40-20-19-39-18-17-36)30(37)34-15-11-25(12-16-34)33-13-7-4-8-14-33/h3,5-6,9-10,21,24-25,28,36H,4,7-8,11-20,22H2,1-2H3. The molecular weight excluding hydrogens is 524 g/mol. The molecule has 0 saturated carbocycles. The normalized spacial score (nSPS) is 22.4. The Hall–Kier alpha value is -2.92. The van der Waals surface area contributed by atoms with Gasteiger partial charge in [0.2, 0.25) is 6.29 Å². The van der Waals surface area contributed by atoms with Crippen LogP contribution in [0.3, 0.4) is 0 Å². The summed E-state index contributed by atoms with van der Waals surface area (Å²) in [7, 11) is 1.88. The summed E-state index contributed by atoms with van der Waals surface area (Å²) in [6, 6.07) is 10.1. The summed E-state index contributed by atoms with van der Waals surface area (Å²) >= 11 is 0. The number of benzene rings is 1. The second kappa shape index (κ2) is 13.8. The zero-order valence-corrected chi connectivity index (χ0v) is 24.4. The molecule has 1 aromatic heterocycles. The fourth-order valence-electron chi connectivity index (χ4n) is 6.41. The van der Waals surface area contributed by atoms with E-state index in [1.165, 1.54) is 19.3 Å². The van der Waals surface area contributed by atoms with E-state index in [1.807, 2.05) is 60.0 Å². The number of amides is 1. The van der Waals surface area contributed by atoms with Gasteiger partial charge in [-0.3, -0.25) is 14.3 Å². The minimum Gasteiger partial charge on any atom is -0.459 e. The van der Waals surface area contributed by atoms with Gasteiger partial charge in [-0.2, -0.15) is 0 Å². The van der Waals surface area contributed by atoms with Crippen molar-refractivity contribution in [2.75, 3.05) is 52.6 Å². The lowest BCUT2D eigenvalue weighted by molar-refractivity contribution is -0.157. The topological polar surface area (TPSA) is 98.4 Å². The molecule has 2 unspecified atom stereocenters. The highest BCUT2D eigenvalue weighted by Crippen LogP contribution is 2.33. The Balaban J connectivity index is 1.36. The number of hydrogen-bond acceptors (Lipinski definition) is 7. The summed E-state index contributed by atoms with van der Waals surface area (Å²) in [5.41, 5.74) is 2.14. The molecule has 10 heteroatoms. The highest BCUT2D eigenvalue weighted by atomic mass is 16.7. The number of aromatic nitrogens is 2. The molecule has 5 rings (SSSR count). The number of nitrogens with zero attached hydrogens (tertiary/aromatic N) is 4. The summed E-state index contributed by atoms with van der Waals surface area (Å²) in [5.74, 6) is -0.248. The first-order valence-corrected chi connectivity index (χ1v) is 15.0. The van der Waals surface area contributed by atoms with Gasteiger partial charge in [0.1, 0.15) is 0 Å². The van der Waals surface area contributed by atoms with Crippen LogP contribution < -0.4 is 5.56 Å². The number of hydrogen-bond donors (Lipinski definition) is 1. The van der Waals surface area contributed by atoms with Crippen molar-refractivity contribution in [2.24, 2.45) is 7.05 Å². The van der Waals surface area contributed by atoms with Crippen LogP contribution in [0.5, 0.6) is 0 Å². The molecule has 2 aromatic rings. The number of aliphatic hydroxyl groups is 1. The molecular formula is C31H44N4O6.